The molecule has 0 spiro atoms. The zero-order chi connectivity index (χ0) is 14.2. The van der Waals surface area contributed by atoms with Crippen molar-refractivity contribution in [2.45, 2.75) is 6.61 Å². The Morgan fingerprint density at radius 2 is 1.95 bits per heavy atom. The molecule has 0 fully saturated rings. The molecule has 0 aromatic heterocycles. The van der Waals surface area contributed by atoms with Gasteiger partial charge in [0.2, 0.25) is 0 Å². The SMILES string of the molecule is NNC(=O)/C=C/c1cccc(OCc2ccccc2)c1. The molecule has 3 N–H and O–H groups in total. The summed E-state index contributed by atoms with van der Waals surface area (Å²) in [6.07, 6.45) is 3.05. The Hall–Kier alpha value is -2.59. The van der Waals surface area contributed by atoms with Crippen molar-refractivity contribution in [2.24, 2.45) is 5.84 Å². The molecule has 1 amide bonds. The molecule has 4 nitrogen and oxygen atoms in total. The topological polar surface area (TPSA) is 64.3 Å². The van der Waals surface area contributed by atoms with Gasteiger partial charge in [-0.05, 0) is 29.3 Å². The minimum absolute atomic E-state index is 0.347. The van der Waals surface area contributed by atoms with Crippen molar-refractivity contribution in [3.8, 4) is 5.75 Å². The van der Waals surface area contributed by atoms with Gasteiger partial charge in [-0.25, -0.2) is 5.84 Å². The van der Waals surface area contributed by atoms with Gasteiger partial charge < -0.3 is 4.74 Å². The largest absolute Gasteiger partial charge is 0.489 e. The summed E-state index contributed by atoms with van der Waals surface area (Å²) in [7, 11) is 0. The van der Waals surface area contributed by atoms with E-state index in [2.05, 4.69) is 0 Å². The molecule has 4 heteroatoms. The predicted molar refractivity (Wildman–Crippen MR) is 78.6 cm³/mol. The molecular weight excluding hydrogens is 252 g/mol. The molecule has 20 heavy (non-hydrogen) atoms. The maximum atomic E-state index is 11.0. The molecule has 2 aromatic rings. The average Bonchev–Trinajstić information content (AvgIpc) is 2.52. The summed E-state index contributed by atoms with van der Waals surface area (Å²) in [5.74, 6) is 5.41. The lowest BCUT2D eigenvalue weighted by Crippen LogP contribution is -2.27. The Balaban J connectivity index is 1.99. The number of ether oxygens (including phenoxy) is 1. The van der Waals surface area contributed by atoms with Gasteiger partial charge >= 0.3 is 0 Å². The van der Waals surface area contributed by atoms with E-state index in [4.69, 9.17) is 10.6 Å². The minimum atomic E-state index is -0.347. The molecule has 0 saturated carbocycles. The van der Waals surface area contributed by atoms with E-state index in [0.717, 1.165) is 16.9 Å². The molecule has 0 atom stereocenters. The van der Waals surface area contributed by atoms with Crippen LogP contribution in [0.2, 0.25) is 0 Å². The van der Waals surface area contributed by atoms with Crippen molar-refractivity contribution in [2.75, 3.05) is 0 Å². The van der Waals surface area contributed by atoms with Crippen LogP contribution in [-0.2, 0) is 11.4 Å². The van der Waals surface area contributed by atoms with Crippen molar-refractivity contribution in [3.63, 3.8) is 0 Å². The minimum Gasteiger partial charge on any atom is -0.489 e. The van der Waals surface area contributed by atoms with Gasteiger partial charge in [-0.15, -0.1) is 0 Å². The number of amides is 1. The lowest BCUT2D eigenvalue weighted by molar-refractivity contribution is -0.116. The molecule has 2 rings (SSSR count). The third-order valence-corrected chi connectivity index (χ3v) is 2.68. The first-order valence-electron chi connectivity index (χ1n) is 6.23. The van der Waals surface area contributed by atoms with Crippen molar-refractivity contribution >= 4 is 12.0 Å². The van der Waals surface area contributed by atoms with Gasteiger partial charge in [0.25, 0.3) is 5.91 Å². The molecule has 0 saturated heterocycles. The molecule has 2 aromatic carbocycles. The predicted octanol–water partition coefficient (Wildman–Crippen LogP) is 2.27. The Bertz CT molecular complexity index is 594. The molecule has 0 aliphatic rings. The molecule has 0 bridgehead atoms. The number of carbonyl (C=O) groups excluding carboxylic acids is 1. The van der Waals surface area contributed by atoms with E-state index in [9.17, 15) is 4.79 Å². The van der Waals surface area contributed by atoms with Gasteiger partial charge in [0.15, 0.2) is 0 Å². The highest BCUT2D eigenvalue weighted by atomic mass is 16.5. The van der Waals surface area contributed by atoms with Gasteiger partial charge in [-0.3, -0.25) is 10.2 Å². The van der Waals surface area contributed by atoms with Crippen molar-refractivity contribution in [1.29, 1.82) is 0 Å². The van der Waals surface area contributed by atoms with E-state index in [-0.39, 0.29) is 5.91 Å². The van der Waals surface area contributed by atoms with Crippen LogP contribution in [0.15, 0.2) is 60.7 Å². The monoisotopic (exact) mass is 268 g/mol. The normalized spacial score (nSPS) is 10.4. The maximum absolute atomic E-state index is 11.0. The second-order valence-corrected chi connectivity index (χ2v) is 4.19. The zero-order valence-corrected chi connectivity index (χ0v) is 11.0. The number of benzene rings is 2. The van der Waals surface area contributed by atoms with Gasteiger partial charge in [-0.1, -0.05) is 42.5 Å². The van der Waals surface area contributed by atoms with Crippen LogP contribution >= 0.6 is 0 Å². The summed E-state index contributed by atoms with van der Waals surface area (Å²) in [6, 6.07) is 17.4. The Labute approximate surface area is 117 Å². The molecule has 102 valence electrons. The number of carbonyl (C=O) groups is 1. The van der Waals surface area contributed by atoms with Crippen LogP contribution in [0.4, 0.5) is 0 Å². The van der Waals surface area contributed by atoms with Gasteiger partial charge in [0.1, 0.15) is 12.4 Å². The summed E-state index contributed by atoms with van der Waals surface area (Å²) in [5, 5.41) is 0. The number of hydrogen-bond donors (Lipinski definition) is 2. The highest BCUT2D eigenvalue weighted by molar-refractivity contribution is 5.91. The Morgan fingerprint density at radius 1 is 1.15 bits per heavy atom. The van der Waals surface area contributed by atoms with Crippen LogP contribution in [-0.4, -0.2) is 5.91 Å². The quantitative estimate of drug-likeness (QED) is 0.378. The summed E-state index contributed by atoms with van der Waals surface area (Å²) in [5.41, 5.74) is 4.02. The Morgan fingerprint density at radius 3 is 2.70 bits per heavy atom. The first kappa shape index (κ1) is 13.8. The molecular formula is C16H16N2O2. The first-order chi connectivity index (χ1) is 9.78. The van der Waals surface area contributed by atoms with E-state index < -0.39 is 0 Å². The van der Waals surface area contributed by atoms with E-state index in [0.29, 0.717) is 6.61 Å². The van der Waals surface area contributed by atoms with Crippen LogP contribution in [0.1, 0.15) is 11.1 Å². The van der Waals surface area contributed by atoms with Gasteiger partial charge in [0.05, 0.1) is 0 Å². The van der Waals surface area contributed by atoms with E-state index in [1.54, 1.807) is 6.08 Å². The van der Waals surface area contributed by atoms with E-state index in [1.165, 1.54) is 6.08 Å². The number of nitrogens with one attached hydrogen (secondary N) is 1. The smallest absolute Gasteiger partial charge is 0.257 e. The van der Waals surface area contributed by atoms with Gasteiger partial charge in [-0.2, -0.15) is 0 Å². The number of rotatable bonds is 5. The lowest BCUT2D eigenvalue weighted by Gasteiger charge is -2.06. The van der Waals surface area contributed by atoms with Gasteiger partial charge in [0, 0.05) is 6.08 Å². The molecule has 0 heterocycles. The summed E-state index contributed by atoms with van der Waals surface area (Å²) in [6.45, 7) is 0.511. The fourth-order valence-corrected chi connectivity index (χ4v) is 1.67. The van der Waals surface area contributed by atoms with E-state index in [1.807, 2.05) is 60.0 Å². The molecule has 0 aliphatic heterocycles. The summed E-state index contributed by atoms with van der Waals surface area (Å²) in [4.78, 5) is 11.0. The van der Waals surface area contributed by atoms with Crippen LogP contribution in [0.25, 0.3) is 6.08 Å². The third-order valence-electron chi connectivity index (χ3n) is 2.68. The Kier molecular flexibility index (Phi) is 4.92. The molecule has 0 unspecified atom stereocenters. The summed E-state index contributed by atoms with van der Waals surface area (Å²) >= 11 is 0. The molecule has 0 aliphatic carbocycles. The number of nitrogens with two attached hydrogens (primary N) is 1. The van der Waals surface area contributed by atoms with Crippen LogP contribution < -0.4 is 16.0 Å². The fraction of sp³-hybridized carbons (Fsp3) is 0.0625. The van der Waals surface area contributed by atoms with Crippen LogP contribution in [0.3, 0.4) is 0 Å². The maximum Gasteiger partial charge on any atom is 0.257 e. The standard InChI is InChI=1S/C16H16N2O2/c17-18-16(19)10-9-13-7-4-8-15(11-13)20-12-14-5-2-1-3-6-14/h1-11H,12,17H2,(H,18,19)/b10-9+. The highest BCUT2D eigenvalue weighted by Crippen LogP contribution is 2.16. The number of hydrogen-bond acceptors (Lipinski definition) is 3. The fourth-order valence-electron chi connectivity index (χ4n) is 1.67. The second kappa shape index (κ2) is 7.11. The summed E-state index contributed by atoms with van der Waals surface area (Å²) < 4.78 is 5.71. The zero-order valence-electron chi connectivity index (χ0n) is 11.0. The van der Waals surface area contributed by atoms with Crippen LogP contribution in [0.5, 0.6) is 5.75 Å². The number of hydrazine groups is 1. The van der Waals surface area contributed by atoms with Crippen LogP contribution in [0, 0.1) is 0 Å². The average molecular weight is 268 g/mol. The van der Waals surface area contributed by atoms with Crippen molar-refractivity contribution in [3.05, 3.63) is 71.8 Å². The highest BCUT2D eigenvalue weighted by Gasteiger charge is 1.97. The third kappa shape index (κ3) is 4.26. The second-order valence-electron chi connectivity index (χ2n) is 4.19. The molecule has 0 radical (unpaired) electrons. The van der Waals surface area contributed by atoms with Crippen molar-refractivity contribution in [1.82, 2.24) is 5.43 Å². The lowest BCUT2D eigenvalue weighted by atomic mass is 10.2. The van der Waals surface area contributed by atoms with Crippen molar-refractivity contribution < 1.29 is 9.53 Å². The first-order valence-corrected chi connectivity index (χ1v) is 6.23. The van der Waals surface area contributed by atoms with E-state index >= 15 is 0 Å².